The smallest absolute Gasteiger partial charge is 0.246 e. The van der Waals surface area contributed by atoms with E-state index in [1.807, 2.05) is 19.1 Å². The van der Waals surface area contributed by atoms with E-state index in [4.69, 9.17) is 5.11 Å². The average Bonchev–Trinajstić information content (AvgIpc) is 2.59. The number of thiophene rings is 1. The minimum Gasteiger partial charge on any atom is -0.392 e. The summed E-state index contributed by atoms with van der Waals surface area (Å²) in [5.74, 6) is -0.0908. The molecule has 1 heterocycles. The van der Waals surface area contributed by atoms with E-state index in [9.17, 15) is 4.79 Å². The third-order valence-electron chi connectivity index (χ3n) is 2.07. The van der Waals surface area contributed by atoms with Crippen molar-refractivity contribution in [2.45, 2.75) is 20.0 Å². The number of carbonyl (C=O) groups is 1. The standard InChI is InChI=1S/C12H17NO2S/c1-9(14)8-13(3)12(15)7-6-11-5-4-10(2)16-11/h4-7,9,14H,8H2,1-3H3. The van der Waals surface area contributed by atoms with E-state index in [0.29, 0.717) is 6.54 Å². The van der Waals surface area contributed by atoms with Gasteiger partial charge in [-0.25, -0.2) is 0 Å². The fourth-order valence-electron chi connectivity index (χ4n) is 1.31. The summed E-state index contributed by atoms with van der Waals surface area (Å²) in [4.78, 5) is 15.4. The van der Waals surface area contributed by atoms with Crippen LogP contribution in [0.15, 0.2) is 18.2 Å². The molecule has 1 rings (SSSR count). The zero-order chi connectivity index (χ0) is 12.1. The zero-order valence-corrected chi connectivity index (χ0v) is 10.6. The van der Waals surface area contributed by atoms with Gasteiger partial charge >= 0.3 is 0 Å². The number of aryl methyl sites for hydroxylation is 1. The van der Waals surface area contributed by atoms with E-state index in [0.717, 1.165) is 4.88 Å². The van der Waals surface area contributed by atoms with E-state index in [2.05, 4.69) is 0 Å². The SMILES string of the molecule is Cc1ccc(C=CC(=O)N(C)CC(C)O)s1. The largest absolute Gasteiger partial charge is 0.392 e. The number of hydrogen-bond donors (Lipinski definition) is 1. The first-order valence-corrected chi connectivity index (χ1v) is 5.98. The van der Waals surface area contributed by atoms with Gasteiger partial charge in [-0.1, -0.05) is 0 Å². The third-order valence-corrected chi connectivity index (χ3v) is 3.03. The number of nitrogens with zero attached hydrogens (tertiary/aromatic N) is 1. The molecule has 0 aliphatic rings. The zero-order valence-electron chi connectivity index (χ0n) is 9.80. The lowest BCUT2D eigenvalue weighted by Crippen LogP contribution is -2.31. The Hall–Kier alpha value is -1.13. The Kier molecular flexibility index (Phi) is 4.71. The number of likely N-dealkylation sites (N-methyl/N-ethyl adjacent to an activating group) is 1. The number of aliphatic hydroxyl groups is 1. The van der Waals surface area contributed by atoms with Crippen LogP contribution < -0.4 is 0 Å². The Morgan fingerprint density at radius 3 is 2.81 bits per heavy atom. The Balaban J connectivity index is 2.53. The molecule has 4 heteroatoms. The summed E-state index contributed by atoms with van der Waals surface area (Å²) < 4.78 is 0. The molecule has 0 aromatic carbocycles. The molecule has 1 aromatic heterocycles. The summed E-state index contributed by atoms with van der Waals surface area (Å²) in [6.45, 7) is 4.05. The average molecular weight is 239 g/mol. The fourth-order valence-corrected chi connectivity index (χ4v) is 2.09. The monoisotopic (exact) mass is 239 g/mol. The summed E-state index contributed by atoms with van der Waals surface area (Å²) >= 11 is 1.65. The van der Waals surface area contributed by atoms with Gasteiger partial charge in [0.1, 0.15) is 0 Å². The molecule has 0 saturated carbocycles. The molecule has 1 aromatic rings. The van der Waals surface area contributed by atoms with Crippen LogP contribution in [-0.2, 0) is 4.79 Å². The molecule has 0 saturated heterocycles. The number of hydrogen-bond acceptors (Lipinski definition) is 3. The van der Waals surface area contributed by atoms with Crippen molar-refractivity contribution in [3.63, 3.8) is 0 Å². The topological polar surface area (TPSA) is 40.5 Å². The molecule has 88 valence electrons. The second kappa shape index (κ2) is 5.82. The highest BCUT2D eigenvalue weighted by Crippen LogP contribution is 2.16. The lowest BCUT2D eigenvalue weighted by molar-refractivity contribution is -0.125. The maximum absolute atomic E-state index is 11.6. The number of carbonyl (C=O) groups excluding carboxylic acids is 1. The normalized spacial score (nSPS) is 13.0. The highest BCUT2D eigenvalue weighted by molar-refractivity contribution is 7.12. The summed E-state index contributed by atoms with van der Waals surface area (Å²) in [5, 5.41) is 9.14. The first-order valence-electron chi connectivity index (χ1n) is 5.16. The van der Waals surface area contributed by atoms with Crippen molar-refractivity contribution in [2.24, 2.45) is 0 Å². The van der Waals surface area contributed by atoms with Gasteiger partial charge < -0.3 is 10.0 Å². The molecule has 0 bridgehead atoms. The highest BCUT2D eigenvalue weighted by Gasteiger charge is 2.07. The summed E-state index contributed by atoms with van der Waals surface area (Å²) in [6.07, 6.45) is 2.85. The van der Waals surface area contributed by atoms with E-state index >= 15 is 0 Å². The van der Waals surface area contributed by atoms with Crippen LogP contribution in [-0.4, -0.2) is 35.6 Å². The van der Waals surface area contributed by atoms with Gasteiger partial charge in [0.2, 0.25) is 5.91 Å². The summed E-state index contributed by atoms with van der Waals surface area (Å²) in [5.41, 5.74) is 0. The van der Waals surface area contributed by atoms with E-state index in [1.165, 1.54) is 15.9 Å². The van der Waals surface area contributed by atoms with Crippen molar-refractivity contribution in [3.8, 4) is 0 Å². The summed E-state index contributed by atoms with van der Waals surface area (Å²) in [7, 11) is 1.68. The van der Waals surface area contributed by atoms with Gasteiger partial charge in [0.05, 0.1) is 6.10 Å². The van der Waals surface area contributed by atoms with Gasteiger partial charge in [-0.2, -0.15) is 0 Å². The van der Waals surface area contributed by atoms with Crippen molar-refractivity contribution < 1.29 is 9.90 Å². The second-order valence-electron chi connectivity index (χ2n) is 3.85. The minimum absolute atomic E-state index is 0.0908. The van der Waals surface area contributed by atoms with Crippen LogP contribution in [0.25, 0.3) is 6.08 Å². The van der Waals surface area contributed by atoms with Crippen molar-refractivity contribution in [3.05, 3.63) is 28.0 Å². The van der Waals surface area contributed by atoms with Crippen LogP contribution in [0.5, 0.6) is 0 Å². The maximum Gasteiger partial charge on any atom is 0.246 e. The number of rotatable bonds is 4. The van der Waals surface area contributed by atoms with Gasteiger partial charge in [-0.3, -0.25) is 4.79 Å². The molecule has 1 amide bonds. The van der Waals surface area contributed by atoms with E-state index < -0.39 is 6.10 Å². The molecule has 0 radical (unpaired) electrons. The van der Waals surface area contributed by atoms with E-state index in [-0.39, 0.29) is 5.91 Å². The Labute approximate surface area is 100 Å². The van der Waals surface area contributed by atoms with Gasteiger partial charge in [0.25, 0.3) is 0 Å². The van der Waals surface area contributed by atoms with Crippen molar-refractivity contribution in [1.29, 1.82) is 0 Å². The minimum atomic E-state index is -0.494. The number of aliphatic hydroxyl groups excluding tert-OH is 1. The molecule has 1 N–H and O–H groups in total. The molecule has 0 spiro atoms. The molecule has 1 unspecified atom stereocenters. The van der Waals surface area contributed by atoms with Crippen LogP contribution >= 0.6 is 11.3 Å². The van der Waals surface area contributed by atoms with Crippen molar-refractivity contribution in [2.75, 3.05) is 13.6 Å². The molecule has 0 aliphatic heterocycles. The first kappa shape index (κ1) is 12.9. The summed E-state index contributed by atoms with van der Waals surface area (Å²) in [6, 6.07) is 4.01. The van der Waals surface area contributed by atoms with Crippen molar-refractivity contribution >= 4 is 23.3 Å². The number of amides is 1. The maximum atomic E-state index is 11.6. The lowest BCUT2D eigenvalue weighted by atomic mass is 10.3. The van der Waals surface area contributed by atoms with Crippen LogP contribution in [0.4, 0.5) is 0 Å². The van der Waals surface area contributed by atoms with Gasteiger partial charge in [-0.15, -0.1) is 11.3 Å². The first-order chi connectivity index (χ1) is 7.49. The Bertz CT molecular complexity index is 382. The predicted octanol–water partition coefficient (Wildman–Crippen LogP) is 1.91. The van der Waals surface area contributed by atoms with Crippen LogP contribution in [0.2, 0.25) is 0 Å². The van der Waals surface area contributed by atoms with Gasteiger partial charge in [0, 0.05) is 29.4 Å². The molecular formula is C12H17NO2S. The fraction of sp³-hybridized carbons (Fsp3) is 0.417. The third kappa shape index (κ3) is 4.16. The molecular weight excluding hydrogens is 222 g/mol. The Morgan fingerprint density at radius 1 is 1.62 bits per heavy atom. The predicted molar refractivity (Wildman–Crippen MR) is 67.4 cm³/mol. The van der Waals surface area contributed by atoms with E-state index in [1.54, 1.807) is 31.4 Å². The molecule has 3 nitrogen and oxygen atoms in total. The lowest BCUT2D eigenvalue weighted by Gasteiger charge is -2.16. The van der Waals surface area contributed by atoms with Gasteiger partial charge in [0.15, 0.2) is 0 Å². The van der Waals surface area contributed by atoms with Gasteiger partial charge in [-0.05, 0) is 32.1 Å². The quantitative estimate of drug-likeness (QED) is 0.815. The molecule has 0 fully saturated rings. The Morgan fingerprint density at radius 2 is 2.31 bits per heavy atom. The second-order valence-corrected chi connectivity index (χ2v) is 5.17. The molecule has 0 aliphatic carbocycles. The van der Waals surface area contributed by atoms with Crippen LogP contribution in [0.3, 0.4) is 0 Å². The molecule has 1 atom stereocenters. The van der Waals surface area contributed by atoms with Crippen molar-refractivity contribution in [1.82, 2.24) is 4.90 Å². The van der Waals surface area contributed by atoms with Crippen LogP contribution in [0, 0.1) is 6.92 Å². The highest BCUT2D eigenvalue weighted by atomic mass is 32.1. The molecule has 16 heavy (non-hydrogen) atoms. The van der Waals surface area contributed by atoms with Crippen LogP contribution in [0.1, 0.15) is 16.7 Å².